The number of hydrogen-bond donors (Lipinski definition) is 2. The molecule has 1 amide bonds. The number of nitrogens with one attached hydrogen (secondary N) is 2. The predicted molar refractivity (Wildman–Crippen MR) is 92.4 cm³/mol. The maximum absolute atomic E-state index is 12.6. The van der Waals surface area contributed by atoms with Crippen LogP contribution in [-0.4, -0.2) is 34.1 Å². The number of para-hydroxylation sites is 2. The number of anilines is 1. The van der Waals surface area contributed by atoms with Gasteiger partial charge in [0.25, 0.3) is 5.91 Å². The first-order valence-electron chi connectivity index (χ1n) is 7.61. The summed E-state index contributed by atoms with van der Waals surface area (Å²) in [5, 5.41) is 2.69. The molecule has 7 nitrogen and oxygen atoms in total. The average molecular weight is 362 g/mol. The van der Waals surface area contributed by atoms with Gasteiger partial charge in [0, 0.05) is 0 Å². The molecule has 0 radical (unpaired) electrons. The van der Waals surface area contributed by atoms with Gasteiger partial charge in [-0.3, -0.25) is 4.79 Å². The Morgan fingerprint density at radius 3 is 2.76 bits per heavy atom. The third kappa shape index (κ3) is 3.59. The predicted octanol–water partition coefficient (Wildman–Crippen LogP) is 1.68. The molecule has 3 rings (SSSR count). The second kappa shape index (κ2) is 6.73. The highest BCUT2D eigenvalue weighted by molar-refractivity contribution is 7.89. The van der Waals surface area contributed by atoms with Crippen molar-refractivity contribution in [2.75, 3.05) is 19.0 Å². The number of ether oxygens (including phenoxy) is 2. The van der Waals surface area contributed by atoms with E-state index in [1.807, 2.05) is 0 Å². The third-order valence-electron chi connectivity index (χ3n) is 3.77. The summed E-state index contributed by atoms with van der Waals surface area (Å²) in [6.45, 7) is 1.59. The SMILES string of the molecule is COc1ccc(C)cc1S(=O)(=O)NCC1Oc2ccccc2NC1=O. The number of rotatable bonds is 5. The summed E-state index contributed by atoms with van der Waals surface area (Å²) < 4.78 is 38.3. The first-order valence-corrected chi connectivity index (χ1v) is 9.10. The highest BCUT2D eigenvalue weighted by Gasteiger charge is 2.29. The molecule has 0 saturated carbocycles. The van der Waals surface area contributed by atoms with Gasteiger partial charge in [0.2, 0.25) is 10.0 Å². The van der Waals surface area contributed by atoms with E-state index in [-0.39, 0.29) is 17.2 Å². The van der Waals surface area contributed by atoms with E-state index < -0.39 is 22.0 Å². The van der Waals surface area contributed by atoms with Crippen LogP contribution in [0.2, 0.25) is 0 Å². The second-order valence-electron chi connectivity index (χ2n) is 5.60. The van der Waals surface area contributed by atoms with Crippen LogP contribution < -0.4 is 19.5 Å². The Bertz CT molecular complexity index is 911. The molecule has 1 atom stereocenters. The molecular formula is C17H18N2O5S. The Morgan fingerprint density at radius 1 is 1.24 bits per heavy atom. The largest absolute Gasteiger partial charge is 0.495 e. The fraction of sp³-hybridized carbons (Fsp3) is 0.235. The van der Waals surface area contributed by atoms with Gasteiger partial charge in [-0.25, -0.2) is 13.1 Å². The monoisotopic (exact) mass is 362 g/mol. The van der Waals surface area contributed by atoms with Crippen LogP contribution >= 0.6 is 0 Å². The van der Waals surface area contributed by atoms with Crippen LogP contribution in [0.4, 0.5) is 5.69 Å². The molecular weight excluding hydrogens is 344 g/mol. The van der Waals surface area contributed by atoms with E-state index >= 15 is 0 Å². The molecule has 1 aliphatic rings. The molecule has 8 heteroatoms. The van der Waals surface area contributed by atoms with Crippen LogP contribution in [0.25, 0.3) is 0 Å². The van der Waals surface area contributed by atoms with E-state index in [4.69, 9.17) is 9.47 Å². The molecule has 0 aliphatic carbocycles. The molecule has 2 N–H and O–H groups in total. The standard InChI is InChI=1S/C17H18N2O5S/c1-11-7-8-14(23-2)16(9-11)25(21,22)18-10-15-17(20)19-12-5-3-4-6-13(12)24-15/h3-9,15,18H,10H2,1-2H3,(H,19,20). The van der Waals surface area contributed by atoms with Crippen molar-refractivity contribution in [3.63, 3.8) is 0 Å². The quantitative estimate of drug-likeness (QED) is 0.844. The number of carbonyl (C=O) groups excluding carboxylic acids is 1. The second-order valence-corrected chi connectivity index (χ2v) is 7.33. The summed E-state index contributed by atoms with van der Waals surface area (Å²) in [7, 11) is -2.46. The zero-order valence-electron chi connectivity index (χ0n) is 13.8. The molecule has 132 valence electrons. The topological polar surface area (TPSA) is 93.7 Å². The number of benzene rings is 2. The van der Waals surface area contributed by atoms with E-state index in [1.54, 1.807) is 43.3 Å². The smallest absolute Gasteiger partial charge is 0.266 e. The highest BCUT2D eigenvalue weighted by atomic mass is 32.2. The molecule has 25 heavy (non-hydrogen) atoms. The van der Waals surface area contributed by atoms with Gasteiger partial charge in [-0.15, -0.1) is 0 Å². The normalized spacial score (nSPS) is 16.6. The number of carbonyl (C=O) groups is 1. The lowest BCUT2D eigenvalue weighted by molar-refractivity contribution is -0.123. The fourth-order valence-corrected chi connectivity index (χ4v) is 3.77. The Morgan fingerprint density at radius 2 is 2.00 bits per heavy atom. The summed E-state index contributed by atoms with van der Waals surface area (Å²) in [4.78, 5) is 12.1. The lowest BCUT2D eigenvalue weighted by atomic mass is 10.2. The van der Waals surface area contributed by atoms with E-state index in [0.29, 0.717) is 11.4 Å². The number of aryl methyl sites for hydroxylation is 1. The molecule has 0 saturated heterocycles. The lowest BCUT2D eigenvalue weighted by Crippen LogP contribution is -2.45. The molecule has 1 aliphatic heterocycles. The Hall–Kier alpha value is -2.58. The minimum Gasteiger partial charge on any atom is -0.495 e. The van der Waals surface area contributed by atoms with Crippen molar-refractivity contribution in [1.82, 2.24) is 4.72 Å². The molecule has 0 bridgehead atoms. The molecule has 1 heterocycles. The van der Waals surface area contributed by atoms with Gasteiger partial charge in [0.05, 0.1) is 19.3 Å². The first kappa shape index (κ1) is 17.2. The maximum Gasteiger partial charge on any atom is 0.266 e. The zero-order valence-corrected chi connectivity index (χ0v) is 14.6. The van der Waals surface area contributed by atoms with Crippen LogP contribution in [-0.2, 0) is 14.8 Å². The summed E-state index contributed by atoms with van der Waals surface area (Å²) in [5.74, 6) is 0.328. The van der Waals surface area contributed by atoms with Crippen molar-refractivity contribution in [1.29, 1.82) is 0 Å². The Balaban J connectivity index is 1.77. The van der Waals surface area contributed by atoms with Gasteiger partial charge in [0.1, 0.15) is 16.4 Å². The third-order valence-corrected chi connectivity index (χ3v) is 5.22. The number of methoxy groups -OCH3 is 1. The maximum atomic E-state index is 12.6. The van der Waals surface area contributed by atoms with Crippen LogP contribution in [0, 0.1) is 6.92 Å². The number of amides is 1. The van der Waals surface area contributed by atoms with Crippen molar-refractivity contribution in [2.45, 2.75) is 17.9 Å². The average Bonchev–Trinajstić information content (AvgIpc) is 2.60. The van der Waals surface area contributed by atoms with Gasteiger partial charge < -0.3 is 14.8 Å². The molecule has 2 aromatic carbocycles. The van der Waals surface area contributed by atoms with E-state index in [2.05, 4.69) is 10.0 Å². The summed E-state index contributed by atoms with van der Waals surface area (Å²) >= 11 is 0. The van der Waals surface area contributed by atoms with E-state index in [9.17, 15) is 13.2 Å². The number of sulfonamides is 1. The Labute approximate surface area is 146 Å². The van der Waals surface area contributed by atoms with Crippen molar-refractivity contribution < 1.29 is 22.7 Å². The van der Waals surface area contributed by atoms with Gasteiger partial charge in [-0.2, -0.15) is 0 Å². The van der Waals surface area contributed by atoms with Crippen molar-refractivity contribution in [3.8, 4) is 11.5 Å². The molecule has 0 fully saturated rings. The van der Waals surface area contributed by atoms with Gasteiger partial charge in [-0.05, 0) is 36.8 Å². The van der Waals surface area contributed by atoms with Crippen LogP contribution in [0.3, 0.4) is 0 Å². The number of fused-ring (bicyclic) bond motifs is 1. The van der Waals surface area contributed by atoms with Crippen LogP contribution in [0.15, 0.2) is 47.4 Å². The van der Waals surface area contributed by atoms with Crippen LogP contribution in [0.1, 0.15) is 5.56 Å². The summed E-state index contributed by atoms with van der Waals surface area (Å²) in [6.07, 6.45) is -0.958. The van der Waals surface area contributed by atoms with Gasteiger partial charge in [-0.1, -0.05) is 18.2 Å². The van der Waals surface area contributed by atoms with Gasteiger partial charge >= 0.3 is 0 Å². The van der Waals surface area contributed by atoms with Gasteiger partial charge in [0.15, 0.2) is 6.10 Å². The van der Waals surface area contributed by atoms with Crippen LogP contribution in [0.5, 0.6) is 11.5 Å². The molecule has 0 aromatic heterocycles. The Kier molecular flexibility index (Phi) is 4.65. The highest BCUT2D eigenvalue weighted by Crippen LogP contribution is 2.29. The van der Waals surface area contributed by atoms with Crippen molar-refractivity contribution in [3.05, 3.63) is 48.0 Å². The summed E-state index contributed by atoms with van der Waals surface area (Å²) in [5.41, 5.74) is 1.34. The zero-order chi connectivity index (χ0) is 18.0. The molecule has 2 aromatic rings. The van der Waals surface area contributed by atoms with E-state index in [0.717, 1.165) is 5.56 Å². The minimum absolute atomic E-state index is 0.0200. The van der Waals surface area contributed by atoms with E-state index in [1.165, 1.54) is 13.2 Å². The first-order chi connectivity index (χ1) is 11.9. The lowest BCUT2D eigenvalue weighted by Gasteiger charge is -2.25. The van der Waals surface area contributed by atoms with Crippen molar-refractivity contribution in [2.24, 2.45) is 0 Å². The molecule has 0 spiro atoms. The summed E-state index contributed by atoms with van der Waals surface area (Å²) in [6, 6.07) is 11.8. The van der Waals surface area contributed by atoms with Crippen molar-refractivity contribution >= 4 is 21.6 Å². The fourth-order valence-electron chi connectivity index (χ4n) is 2.48. The number of hydrogen-bond acceptors (Lipinski definition) is 5. The minimum atomic E-state index is -3.86. The molecule has 1 unspecified atom stereocenters.